The lowest BCUT2D eigenvalue weighted by atomic mass is 10.0. The summed E-state index contributed by atoms with van der Waals surface area (Å²) in [7, 11) is 0. The van der Waals surface area contributed by atoms with E-state index in [-0.39, 0.29) is 0 Å². The van der Waals surface area contributed by atoms with Gasteiger partial charge < -0.3 is 0 Å². The van der Waals surface area contributed by atoms with Gasteiger partial charge in [-0.05, 0) is 41.0 Å². The molecule has 0 aromatic carbocycles. The third kappa shape index (κ3) is 1.59. The quantitative estimate of drug-likeness (QED) is 0.644. The molecule has 82 valence electrons. The van der Waals surface area contributed by atoms with E-state index in [2.05, 4.69) is 0 Å². The zero-order valence-electron chi connectivity index (χ0n) is 17.5. The van der Waals surface area contributed by atoms with Crippen LogP contribution < -0.4 is 0 Å². The predicted molar refractivity (Wildman–Crippen MR) is 60.5 cm³/mol. The second-order valence-electron chi connectivity index (χ2n) is 5.02. The second kappa shape index (κ2) is 3.21. The lowest BCUT2D eigenvalue weighted by Crippen LogP contribution is -2.54. The standard InChI is InChI=1S/C12H24N2/c1-9(2)13-7-11-6-10(13)8-14(11)12(3,4)5/h9-11H,6-8H2,1-5H3/t10?,11-/m0/s1/i6D2,7D2,8D2,10D,11D. The van der Waals surface area contributed by atoms with Crippen molar-refractivity contribution < 1.29 is 11.0 Å². The molecule has 2 saturated heterocycles. The number of rotatable bonds is 1. The van der Waals surface area contributed by atoms with Crippen LogP contribution >= 0.6 is 0 Å². The lowest BCUT2D eigenvalue weighted by Gasteiger charge is -2.43. The van der Waals surface area contributed by atoms with E-state index < -0.39 is 43.0 Å². The normalized spacial score (nSPS) is 64.4. The predicted octanol–water partition coefficient (Wildman–Crippen LogP) is 1.95. The summed E-state index contributed by atoms with van der Waals surface area (Å²) in [5.74, 6) is 0. The maximum absolute atomic E-state index is 8.67. The third-order valence-corrected chi connectivity index (χ3v) is 2.33. The zero-order chi connectivity index (χ0) is 17.7. The summed E-state index contributed by atoms with van der Waals surface area (Å²) in [4.78, 5) is 1.79. The van der Waals surface area contributed by atoms with Crippen molar-refractivity contribution in [1.29, 1.82) is 0 Å². The van der Waals surface area contributed by atoms with Gasteiger partial charge in [0.15, 0.2) is 0 Å². The van der Waals surface area contributed by atoms with Gasteiger partial charge in [0, 0.05) is 47.6 Å². The molecule has 0 aromatic heterocycles. The van der Waals surface area contributed by atoms with E-state index in [4.69, 9.17) is 11.0 Å². The number of piperazine rings is 1. The number of fused-ring (bicyclic) bond motifs is 2. The maximum atomic E-state index is 8.67. The molecule has 2 fully saturated rings. The fraction of sp³-hybridized carbons (Fsp3) is 1.00. The Balaban J connectivity index is 2.89. The molecule has 2 bridgehead atoms. The fourth-order valence-electron chi connectivity index (χ4n) is 1.61. The van der Waals surface area contributed by atoms with Crippen LogP contribution in [0.25, 0.3) is 0 Å². The van der Waals surface area contributed by atoms with Gasteiger partial charge in [0.25, 0.3) is 0 Å². The lowest BCUT2D eigenvalue weighted by molar-refractivity contribution is 0.0451. The average molecular weight is 204 g/mol. The SMILES string of the molecule is [2H]C1([2H])N(C(C)(C)C)[C@]2([2H])C([2H])([2H])N(C(C)C)C1([2H])C2([2H])[2H]. The Morgan fingerprint density at radius 2 is 1.93 bits per heavy atom. The minimum absolute atomic E-state index is 0.619. The topological polar surface area (TPSA) is 6.48 Å². The van der Waals surface area contributed by atoms with Gasteiger partial charge in [0.2, 0.25) is 0 Å². The molecule has 2 aliphatic heterocycles. The Morgan fingerprint density at radius 1 is 1.29 bits per heavy atom. The van der Waals surface area contributed by atoms with Gasteiger partial charge in [-0.2, -0.15) is 0 Å². The number of hydrogen-bond acceptors (Lipinski definition) is 2. The van der Waals surface area contributed by atoms with Crippen LogP contribution in [0.3, 0.4) is 0 Å². The van der Waals surface area contributed by atoms with Crippen LogP contribution in [-0.2, 0) is 0 Å². The van der Waals surface area contributed by atoms with Crippen molar-refractivity contribution in [2.24, 2.45) is 0 Å². The summed E-state index contributed by atoms with van der Waals surface area (Å²) >= 11 is 0. The summed E-state index contributed by atoms with van der Waals surface area (Å²) in [5.41, 5.74) is -1.02. The molecule has 2 nitrogen and oxygen atoms in total. The Kier molecular flexibility index (Phi) is 1.01. The van der Waals surface area contributed by atoms with Gasteiger partial charge in [-0.3, -0.25) is 9.80 Å². The summed E-state index contributed by atoms with van der Waals surface area (Å²) in [5, 5.41) is 0. The molecule has 2 heterocycles. The van der Waals surface area contributed by atoms with Crippen molar-refractivity contribution in [2.75, 3.05) is 13.0 Å². The summed E-state index contributed by atoms with van der Waals surface area (Å²) in [6.07, 6.45) is -2.72. The summed E-state index contributed by atoms with van der Waals surface area (Å²) in [6, 6.07) is -5.67. The highest BCUT2D eigenvalue weighted by atomic mass is 15.4. The molecule has 0 spiro atoms. The molecule has 0 aromatic rings. The maximum Gasteiger partial charge on any atom is 0.0481 e. The van der Waals surface area contributed by atoms with E-state index in [0.29, 0.717) is 0 Å². The van der Waals surface area contributed by atoms with Crippen LogP contribution in [-0.4, -0.2) is 46.4 Å². The molecule has 2 atom stereocenters. The van der Waals surface area contributed by atoms with Gasteiger partial charge in [-0.25, -0.2) is 0 Å². The largest absolute Gasteiger partial charge is 0.295 e. The molecule has 0 amide bonds. The zero-order valence-corrected chi connectivity index (χ0v) is 9.47. The van der Waals surface area contributed by atoms with Gasteiger partial charge >= 0.3 is 0 Å². The first-order valence-corrected chi connectivity index (χ1v) is 5.03. The summed E-state index contributed by atoms with van der Waals surface area (Å²) in [6.45, 7) is 2.97. The van der Waals surface area contributed by atoms with Crippen LogP contribution in [0.1, 0.15) is 52.0 Å². The van der Waals surface area contributed by atoms with Crippen molar-refractivity contribution in [3.8, 4) is 0 Å². The smallest absolute Gasteiger partial charge is 0.0481 e. The molecule has 0 saturated carbocycles. The van der Waals surface area contributed by atoms with Gasteiger partial charge in [0.1, 0.15) is 0 Å². The van der Waals surface area contributed by atoms with Crippen LogP contribution in [0.2, 0.25) is 0 Å². The van der Waals surface area contributed by atoms with Crippen molar-refractivity contribution in [3.05, 3.63) is 0 Å². The molecule has 0 aliphatic carbocycles. The first-order chi connectivity index (χ1) is 9.43. The monoisotopic (exact) mass is 204 g/mol. The Hall–Kier alpha value is -0.0800. The van der Waals surface area contributed by atoms with Crippen molar-refractivity contribution in [1.82, 2.24) is 9.80 Å². The molecule has 2 heteroatoms. The highest BCUT2D eigenvalue weighted by Crippen LogP contribution is 2.36. The molecule has 0 N–H and O–H groups in total. The van der Waals surface area contributed by atoms with Gasteiger partial charge in [-0.15, -0.1) is 0 Å². The van der Waals surface area contributed by atoms with Gasteiger partial charge in [-0.1, -0.05) is 0 Å². The van der Waals surface area contributed by atoms with Crippen LogP contribution in [0.5, 0.6) is 0 Å². The van der Waals surface area contributed by atoms with E-state index in [1.807, 2.05) is 0 Å². The number of hydrogen-bond donors (Lipinski definition) is 0. The molecule has 0 radical (unpaired) electrons. The van der Waals surface area contributed by atoms with E-state index in [1.54, 1.807) is 34.6 Å². The van der Waals surface area contributed by atoms with Crippen LogP contribution in [0, 0.1) is 0 Å². The fourth-order valence-corrected chi connectivity index (χ4v) is 1.61. The van der Waals surface area contributed by atoms with E-state index in [0.717, 1.165) is 9.80 Å². The van der Waals surface area contributed by atoms with Crippen molar-refractivity contribution >= 4 is 0 Å². The minimum atomic E-state index is -2.72. The molecule has 14 heavy (non-hydrogen) atoms. The number of likely N-dealkylation sites (tertiary alicyclic amines) is 2. The number of nitrogens with zero attached hydrogens (tertiary/aromatic N) is 2. The second-order valence-corrected chi connectivity index (χ2v) is 5.02. The van der Waals surface area contributed by atoms with Gasteiger partial charge in [0.05, 0.1) is 0 Å². The highest BCUT2D eigenvalue weighted by molar-refractivity contribution is 5.03. The molecule has 1 unspecified atom stereocenters. The molecule has 2 aliphatic rings. The van der Waals surface area contributed by atoms with Crippen molar-refractivity contribution in [3.63, 3.8) is 0 Å². The Labute approximate surface area is 99.5 Å². The highest BCUT2D eigenvalue weighted by Gasteiger charge is 2.47. The Bertz CT molecular complexity index is 500. The third-order valence-electron chi connectivity index (χ3n) is 2.33. The molecular weight excluding hydrogens is 172 g/mol. The minimum Gasteiger partial charge on any atom is -0.295 e. The molecular formula is C12H24N2. The van der Waals surface area contributed by atoms with E-state index in [9.17, 15) is 0 Å². The average Bonchev–Trinajstić information content (AvgIpc) is 2.37. The van der Waals surface area contributed by atoms with Crippen molar-refractivity contribution in [2.45, 2.75) is 64.6 Å². The Morgan fingerprint density at radius 3 is 2.43 bits per heavy atom. The van der Waals surface area contributed by atoms with Crippen LogP contribution in [0.15, 0.2) is 0 Å². The van der Waals surface area contributed by atoms with E-state index >= 15 is 0 Å². The first-order valence-electron chi connectivity index (χ1n) is 9.03. The molecule has 2 rings (SSSR count). The van der Waals surface area contributed by atoms with Crippen LogP contribution in [0.4, 0.5) is 0 Å². The first kappa shape index (κ1) is 4.42. The summed E-state index contributed by atoms with van der Waals surface area (Å²) < 4.78 is 67.5. The van der Waals surface area contributed by atoms with E-state index in [1.165, 1.54) is 0 Å².